The third kappa shape index (κ3) is 13.9. The lowest BCUT2D eigenvalue weighted by molar-refractivity contribution is 0.281. The van der Waals surface area contributed by atoms with E-state index in [1.54, 1.807) is 20.1 Å². The molecule has 1 heterocycles. The Bertz CT molecular complexity index is 1800. The van der Waals surface area contributed by atoms with Crippen molar-refractivity contribution in [3.8, 4) is 5.75 Å². The van der Waals surface area contributed by atoms with Crippen LogP contribution in [0.15, 0.2) is 121 Å². The second kappa shape index (κ2) is 23.8. The van der Waals surface area contributed by atoms with Crippen LogP contribution in [0.5, 0.6) is 5.75 Å². The summed E-state index contributed by atoms with van der Waals surface area (Å²) in [4.78, 5) is 2.38. The second-order valence-electron chi connectivity index (χ2n) is 16.6. The third-order valence-electron chi connectivity index (χ3n) is 11.6. The molecule has 0 N–H and O–H groups in total. The molecule has 0 saturated heterocycles. The average molecular weight is 774 g/mol. The van der Waals surface area contributed by atoms with Crippen LogP contribution in [-0.2, 0) is 11.2 Å². The lowest BCUT2D eigenvalue weighted by Crippen LogP contribution is -2.37. The number of nitrogens with zero attached hydrogens (tertiary/aromatic N) is 1. The molecule has 1 aliphatic heterocycles. The first-order valence-electron chi connectivity index (χ1n) is 21.9. The fraction of sp³-hybridized carbons (Fsp3) is 0.472. The van der Waals surface area contributed by atoms with E-state index in [0.717, 1.165) is 90.2 Å². The highest BCUT2D eigenvalue weighted by Gasteiger charge is 2.29. The fourth-order valence-electron chi connectivity index (χ4n) is 8.13. The molecule has 308 valence electrons. The average Bonchev–Trinajstić information content (AvgIpc) is 3.18. The summed E-state index contributed by atoms with van der Waals surface area (Å²) in [5.41, 5.74) is 8.73. The summed E-state index contributed by atoms with van der Waals surface area (Å²) in [6, 6.07) is 10.00. The first-order valence-corrected chi connectivity index (χ1v) is 21.9. The van der Waals surface area contributed by atoms with Gasteiger partial charge >= 0.3 is 0 Å². The van der Waals surface area contributed by atoms with Crippen molar-refractivity contribution in [1.29, 1.82) is 0 Å². The Morgan fingerprint density at radius 2 is 1.63 bits per heavy atom. The molecule has 0 amide bonds. The number of hydrogen-bond donors (Lipinski definition) is 0. The van der Waals surface area contributed by atoms with E-state index in [2.05, 4.69) is 94.6 Å². The number of halogens is 1. The van der Waals surface area contributed by atoms with Crippen LogP contribution in [-0.4, -0.2) is 13.2 Å². The highest BCUT2D eigenvalue weighted by Crippen LogP contribution is 2.43. The highest BCUT2D eigenvalue weighted by molar-refractivity contribution is 5.91. The van der Waals surface area contributed by atoms with Crippen molar-refractivity contribution >= 4 is 11.3 Å². The molecule has 1 unspecified atom stereocenters. The van der Waals surface area contributed by atoms with Gasteiger partial charge in [-0.2, -0.15) is 0 Å². The summed E-state index contributed by atoms with van der Waals surface area (Å²) < 4.78 is 27.2. The molecule has 57 heavy (non-hydrogen) atoms. The van der Waals surface area contributed by atoms with Crippen molar-refractivity contribution in [3.63, 3.8) is 0 Å². The van der Waals surface area contributed by atoms with Crippen LogP contribution in [0.1, 0.15) is 152 Å². The molecule has 2 aliphatic rings. The smallest absolute Gasteiger partial charge is 0.129 e. The summed E-state index contributed by atoms with van der Waals surface area (Å²) in [6.07, 6.45) is 33.5. The topological polar surface area (TPSA) is 21.7 Å². The van der Waals surface area contributed by atoms with E-state index < -0.39 is 0 Å². The molecule has 0 fully saturated rings. The Morgan fingerprint density at radius 1 is 0.930 bits per heavy atom. The molecule has 2 aromatic carbocycles. The summed E-state index contributed by atoms with van der Waals surface area (Å²) in [7, 11) is 1.69. The van der Waals surface area contributed by atoms with Gasteiger partial charge in [-0.15, -0.1) is 0 Å². The number of anilines is 1. The molecule has 0 aromatic heterocycles. The van der Waals surface area contributed by atoms with Crippen LogP contribution >= 0.6 is 0 Å². The molecule has 2 aromatic rings. The van der Waals surface area contributed by atoms with Crippen molar-refractivity contribution in [2.24, 2.45) is 5.92 Å². The zero-order valence-electron chi connectivity index (χ0n) is 36.2. The molecular formula is C53H72FNO2. The molecule has 1 atom stereocenters. The maximum atomic E-state index is 15.1. The normalized spacial score (nSPS) is 17.0. The van der Waals surface area contributed by atoms with Crippen LogP contribution in [0.2, 0.25) is 0 Å². The lowest BCUT2D eigenvalue weighted by atomic mass is 9.87. The molecule has 4 rings (SSSR count). The van der Waals surface area contributed by atoms with Crippen LogP contribution in [0, 0.1) is 18.7 Å². The van der Waals surface area contributed by atoms with Crippen LogP contribution in [0.25, 0.3) is 5.57 Å². The molecule has 0 bridgehead atoms. The Hall–Kier alpha value is -4.31. The van der Waals surface area contributed by atoms with Gasteiger partial charge in [-0.25, -0.2) is 4.39 Å². The summed E-state index contributed by atoms with van der Waals surface area (Å²) >= 11 is 0. The van der Waals surface area contributed by atoms with E-state index in [4.69, 9.17) is 9.47 Å². The number of ether oxygens (including phenoxy) is 2. The molecular weight excluding hydrogens is 702 g/mol. The Labute approximate surface area is 346 Å². The number of hydrogen-bond acceptors (Lipinski definition) is 3. The highest BCUT2D eigenvalue weighted by atomic mass is 19.1. The third-order valence-corrected chi connectivity index (χ3v) is 11.6. The number of allylic oxidation sites excluding steroid dienone is 10. The largest absolute Gasteiger partial charge is 0.496 e. The predicted octanol–water partition coefficient (Wildman–Crippen LogP) is 15.8. The van der Waals surface area contributed by atoms with Crippen molar-refractivity contribution in [1.82, 2.24) is 0 Å². The minimum absolute atomic E-state index is 0.170. The minimum Gasteiger partial charge on any atom is -0.496 e. The van der Waals surface area contributed by atoms with Gasteiger partial charge < -0.3 is 14.4 Å². The standard InChI is InChI=1S/C53H72FNO2/c1-10-12-13-14-15-16-17-18-19-20-21-26-42(7)57-48-30-23-27-44(28-24-31-48)34-40(5)32-33-50(39(3)4)55-38-45(11-2)43(8)49-36-47(52(56-9)37-51(49)55)35-46-29-22-25-41(6)53(46)54/h11,22-23,25,27-29,31,36-39,50H,2,5,7-8,10,12-21,24,26,30,32-35H2,1,3-4,6,9H3/b27-23-,44-28+,48-31+. The quantitative estimate of drug-likeness (QED) is 0.0570. The maximum Gasteiger partial charge on any atom is 0.129 e. The first-order chi connectivity index (χ1) is 27.6. The number of aryl methyl sites for hydroxylation is 1. The molecule has 0 spiro atoms. The van der Waals surface area contributed by atoms with E-state index in [1.165, 1.54) is 75.4 Å². The van der Waals surface area contributed by atoms with Gasteiger partial charge in [0.1, 0.15) is 17.3 Å². The number of fused-ring (bicyclic) bond motifs is 1. The number of unbranched alkanes of at least 4 members (excludes halogenated alkanes) is 10. The monoisotopic (exact) mass is 774 g/mol. The Kier molecular flexibility index (Phi) is 19.0. The van der Waals surface area contributed by atoms with Gasteiger partial charge in [0.05, 0.1) is 18.6 Å². The van der Waals surface area contributed by atoms with E-state index in [-0.39, 0.29) is 11.9 Å². The van der Waals surface area contributed by atoms with E-state index in [1.807, 2.05) is 18.2 Å². The maximum absolute atomic E-state index is 15.1. The van der Waals surface area contributed by atoms with Gasteiger partial charge in [0.2, 0.25) is 0 Å². The van der Waals surface area contributed by atoms with Gasteiger partial charge in [-0.05, 0) is 90.5 Å². The Morgan fingerprint density at radius 3 is 2.30 bits per heavy atom. The number of benzene rings is 2. The molecule has 3 nitrogen and oxygen atoms in total. The zero-order valence-corrected chi connectivity index (χ0v) is 36.2. The Balaban J connectivity index is 1.31. The SMILES string of the molecule is C=CC1=CN(C(CCC(=C)CC2=C/C/C=C(/OC(=C)CCCCCCCCCCCCC)C/C=C\2)C(C)C)c2cc(OC)c(Cc3cccc(C)c3F)cc2C1=C. The first kappa shape index (κ1) is 45.4. The van der Waals surface area contributed by atoms with Gasteiger partial charge in [-0.1, -0.05) is 159 Å². The molecule has 4 heteroatoms. The predicted molar refractivity (Wildman–Crippen MR) is 244 cm³/mol. The van der Waals surface area contributed by atoms with Crippen LogP contribution in [0.4, 0.5) is 10.1 Å². The van der Waals surface area contributed by atoms with Crippen LogP contribution in [0.3, 0.4) is 0 Å². The van der Waals surface area contributed by atoms with E-state index in [0.29, 0.717) is 23.5 Å². The van der Waals surface area contributed by atoms with E-state index in [9.17, 15) is 0 Å². The van der Waals surface area contributed by atoms with Crippen molar-refractivity contribution in [2.75, 3.05) is 12.0 Å². The number of rotatable bonds is 25. The summed E-state index contributed by atoms with van der Waals surface area (Å²) in [6.45, 7) is 26.0. The zero-order chi connectivity index (χ0) is 41.2. The lowest BCUT2D eigenvalue weighted by Gasteiger charge is -2.39. The molecule has 0 saturated carbocycles. The van der Waals surface area contributed by atoms with Crippen molar-refractivity contribution in [3.05, 3.63) is 150 Å². The fourth-order valence-corrected chi connectivity index (χ4v) is 8.13. The second-order valence-corrected chi connectivity index (χ2v) is 16.6. The minimum atomic E-state index is -0.170. The molecule has 0 radical (unpaired) electrons. The summed E-state index contributed by atoms with van der Waals surface area (Å²) in [5.74, 6) is 2.82. The van der Waals surface area contributed by atoms with Crippen molar-refractivity contribution < 1.29 is 13.9 Å². The van der Waals surface area contributed by atoms with Crippen molar-refractivity contribution in [2.45, 2.75) is 149 Å². The van der Waals surface area contributed by atoms with E-state index >= 15 is 4.39 Å². The van der Waals surface area contributed by atoms with Crippen LogP contribution < -0.4 is 9.64 Å². The van der Waals surface area contributed by atoms with Gasteiger partial charge in [0.25, 0.3) is 0 Å². The van der Waals surface area contributed by atoms with Gasteiger partial charge in [0.15, 0.2) is 0 Å². The number of methoxy groups -OCH3 is 1. The summed E-state index contributed by atoms with van der Waals surface area (Å²) in [5, 5.41) is 0. The van der Waals surface area contributed by atoms with Gasteiger partial charge in [-0.3, -0.25) is 0 Å². The van der Waals surface area contributed by atoms with Gasteiger partial charge in [0, 0.05) is 43.1 Å². The molecule has 1 aliphatic carbocycles.